The zero-order chi connectivity index (χ0) is 7.28. The molecule has 0 atom stereocenters. The topological polar surface area (TPSA) is 17.1 Å². The second kappa shape index (κ2) is 5.06. The van der Waals surface area contributed by atoms with Gasteiger partial charge in [-0.1, -0.05) is 13.8 Å². The highest BCUT2D eigenvalue weighted by Gasteiger charge is 1.92. The zero-order valence-electron chi connectivity index (χ0n) is 5.72. The van der Waals surface area contributed by atoms with Crippen molar-refractivity contribution in [3.63, 3.8) is 0 Å². The summed E-state index contributed by atoms with van der Waals surface area (Å²) in [4.78, 5) is 10.2. The maximum absolute atomic E-state index is 10.2. The van der Waals surface area contributed by atoms with Crippen LogP contribution in [-0.2, 0) is 12.6 Å². The second-order valence-electron chi connectivity index (χ2n) is 2.28. The summed E-state index contributed by atoms with van der Waals surface area (Å²) < 4.78 is -0.185. The lowest BCUT2D eigenvalue weighted by Crippen LogP contribution is -1.91. The van der Waals surface area contributed by atoms with Crippen molar-refractivity contribution in [1.29, 1.82) is 0 Å². The minimum Gasteiger partial charge on any atom is -0.730 e. The van der Waals surface area contributed by atoms with Gasteiger partial charge in [-0.05, 0) is 18.1 Å². The Morgan fingerprint density at radius 2 is 2.22 bits per heavy atom. The molecule has 0 heterocycles. The fourth-order valence-corrected chi connectivity index (χ4v) is 1.38. The van der Waals surface area contributed by atoms with Crippen LogP contribution in [0.2, 0.25) is 0 Å². The molecule has 0 N–H and O–H groups in total. The Morgan fingerprint density at radius 1 is 1.67 bits per heavy atom. The largest absolute Gasteiger partial charge is 0.730 e. The SMILES string of the molecule is CC(C)CCSC(=O)[S-]. The first-order valence-electron chi connectivity index (χ1n) is 2.96. The summed E-state index contributed by atoms with van der Waals surface area (Å²) in [5.41, 5.74) is 0. The molecule has 0 rings (SSSR count). The molecule has 1 nitrogen and oxygen atoms in total. The summed E-state index contributed by atoms with van der Waals surface area (Å²) in [6.07, 6.45) is 1.08. The molecule has 0 aliphatic carbocycles. The third-order valence-corrected chi connectivity index (χ3v) is 1.94. The molecule has 0 fully saturated rings. The van der Waals surface area contributed by atoms with Crippen molar-refractivity contribution in [3.8, 4) is 0 Å². The van der Waals surface area contributed by atoms with Gasteiger partial charge in [0.05, 0.1) is 4.45 Å². The van der Waals surface area contributed by atoms with Crippen molar-refractivity contribution < 1.29 is 4.79 Å². The average molecular weight is 163 g/mol. The molecule has 0 spiro atoms. The van der Waals surface area contributed by atoms with Crippen molar-refractivity contribution in [3.05, 3.63) is 0 Å². The lowest BCUT2D eigenvalue weighted by Gasteiger charge is -2.04. The Labute approximate surface area is 66.0 Å². The number of rotatable bonds is 3. The molecule has 0 radical (unpaired) electrons. The highest BCUT2D eigenvalue weighted by atomic mass is 32.2. The second-order valence-corrected chi connectivity index (χ2v) is 3.98. The van der Waals surface area contributed by atoms with E-state index in [1.165, 1.54) is 11.8 Å². The quantitative estimate of drug-likeness (QED) is 0.595. The number of thioether (sulfide) groups is 1. The zero-order valence-corrected chi connectivity index (χ0v) is 7.35. The monoisotopic (exact) mass is 163 g/mol. The van der Waals surface area contributed by atoms with Crippen LogP contribution in [-0.4, -0.2) is 10.2 Å². The van der Waals surface area contributed by atoms with E-state index < -0.39 is 0 Å². The Kier molecular flexibility index (Phi) is 5.19. The van der Waals surface area contributed by atoms with E-state index in [9.17, 15) is 4.79 Å². The van der Waals surface area contributed by atoms with Crippen LogP contribution in [0, 0.1) is 5.92 Å². The molecule has 3 heteroatoms. The van der Waals surface area contributed by atoms with Crippen molar-refractivity contribution in [2.24, 2.45) is 5.92 Å². The van der Waals surface area contributed by atoms with Gasteiger partial charge in [-0.2, -0.15) is 0 Å². The summed E-state index contributed by atoms with van der Waals surface area (Å²) in [5, 5.41) is 0. The molecule has 0 bridgehead atoms. The van der Waals surface area contributed by atoms with Crippen LogP contribution in [0.1, 0.15) is 20.3 Å². The van der Waals surface area contributed by atoms with Gasteiger partial charge in [-0.3, -0.25) is 0 Å². The smallest absolute Gasteiger partial charge is 0.0685 e. The minimum absolute atomic E-state index is 0.185. The molecular formula is C6H11OS2-. The normalized spacial score (nSPS) is 10.1. The van der Waals surface area contributed by atoms with Crippen LogP contribution >= 0.6 is 11.8 Å². The molecule has 0 aromatic rings. The molecule has 0 aliphatic rings. The highest BCUT2D eigenvalue weighted by molar-refractivity contribution is 8.26. The summed E-state index contributed by atoms with van der Waals surface area (Å²) in [6, 6.07) is 0. The number of hydrogen-bond donors (Lipinski definition) is 0. The van der Waals surface area contributed by atoms with E-state index in [1.54, 1.807) is 0 Å². The van der Waals surface area contributed by atoms with E-state index in [0.29, 0.717) is 5.92 Å². The lowest BCUT2D eigenvalue weighted by atomic mass is 10.2. The van der Waals surface area contributed by atoms with Crippen LogP contribution in [0.5, 0.6) is 0 Å². The summed E-state index contributed by atoms with van der Waals surface area (Å²) in [5.74, 6) is 1.55. The predicted octanol–water partition coefficient (Wildman–Crippen LogP) is 2.43. The first kappa shape index (κ1) is 9.24. The molecule has 0 saturated carbocycles. The Hall–Kier alpha value is 0.240. The number of carbonyl (C=O) groups is 1. The molecule has 0 aromatic carbocycles. The van der Waals surface area contributed by atoms with E-state index in [0.717, 1.165) is 12.2 Å². The Bertz CT molecular complexity index is 91.1. The van der Waals surface area contributed by atoms with Crippen LogP contribution in [0.3, 0.4) is 0 Å². The van der Waals surface area contributed by atoms with Gasteiger partial charge in [0.1, 0.15) is 0 Å². The van der Waals surface area contributed by atoms with E-state index in [2.05, 4.69) is 26.5 Å². The molecular weight excluding hydrogens is 152 g/mol. The van der Waals surface area contributed by atoms with E-state index in [-0.39, 0.29) is 4.45 Å². The van der Waals surface area contributed by atoms with E-state index in [1.807, 2.05) is 0 Å². The van der Waals surface area contributed by atoms with Gasteiger partial charge in [0, 0.05) is 0 Å². The van der Waals surface area contributed by atoms with Gasteiger partial charge in [0.15, 0.2) is 0 Å². The van der Waals surface area contributed by atoms with Crippen molar-refractivity contribution in [2.45, 2.75) is 20.3 Å². The Balaban J connectivity index is 3.01. The van der Waals surface area contributed by atoms with Crippen LogP contribution < -0.4 is 0 Å². The number of hydrogen-bond acceptors (Lipinski definition) is 3. The highest BCUT2D eigenvalue weighted by Crippen LogP contribution is 2.08. The standard InChI is InChI=1S/C6H12OS2/c1-5(2)3-4-9-6(7)8/h5H,3-4H2,1-2H3,(H,7,8)/p-1. The summed E-state index contributed by atoms with van der Waals surface area (Å²) in [6.45, 7) is 4.27. The van der Waals surface area contributed by atoms with Gasteiger partial charge >= 0.3 is 0 Å². The summed E-state index contributed by atoms with van der Waals surface area (Å²) >= 11 is 5.59. The Morgan fingerprint density at radius 3 is 2.56 bits per heavy atom. The van der Waals surface area contributed by atoms with Gasteiger partial charge in [0.2, 0.25) is 0 Å². The fraction of sp³-hybridized carbons (Fsp3) is 0.833. The molecule has 0 unspecified atom stereocenters. The van der Waals surface area contributed by atoms with Gasteiger partial charge in [0.25, 0.3) is 0 Å². The molecule has 9 heavy (non-hydrogen) atoms. The molecule has 0 saturated heterocycles. The van der Waals surface area contributed by atoms with Crippen molar-refractivity contribution >= 4 is 28.8 Å². The van der Waals surface area contributed by atoms with E-state index in [4.69, 9.17) is 0 Å². The lowest BCUT2D eigenvalue weighted by molar-refractivity contribution is 0.277. The fourth-order valence-electron chi connectivity index (χ4n) is 0.378. The maximum atomic E-state index is 10.2. The van der Waals surface area contributed by atoms with Crippen molar-refractivity contribution in [1.82, 2.24) is 0 Å². The molecule has 0 aromatic heterocycles. The third-order valence-electron chi connectivity index (χ3n) is 0.915. The predicted molar refractivity (Wildman–Crippen MR) is 44.7 cm³/mol. The average Bonchev–Trinajstić information content (AvgIpc) is 1.63. The van der Waals surface area contributed by atoms with Gasteiger partial charge < -0.3 is 17.4 Å². The molecule has 0 aliphatic heterocycles. The van der Waals surface area contributed by atoms with Crippen LogP contribution in [0.25, 0.3) is 0 Å². The maximum Gasteiger partial charge on any atom is 0.0685 e. The first-order chi connectivity index (χ1) is 4.13. The van der Waals surface area contributed by atoms with Gasteiger partial charge in [-0.15, -0.1) is 11.8 Å². The molecule has 54 valence electrons. The van der Waals surface area contributed by atoms with Crippen LogP contribution in [0.4, 0.5) is 4.79 Å². The molecule has 0 amide bonds. The van der Waals surface area contributed by atoms with Crippen LogP contribution in [0.15, 0.2) is 0 Å². The van der Waals surface area contributed by atoms with Gasteiger partial charge in [-0.25, -0.2) is 0 Å². The first-order valence-corrected chi connectivity index (χ1v) is 4.36. The van der Waals surface area contributed by atoms with E-state index >= 15 is 0 Å². The summed E-state index contributed by atoms with van der Waals surface area (Å²) in [7, 11) is 0. The van der Waals surface area contributed by atoms with Crippen molar-refractivity contribution in [2.75, 3.05) is 5.75 Å². The minimum atomic E-state index is -0.185. The number of carbonyl (C=O) groups excluding carboxylic acids is 1. The third kappa shape index (κ3) is 8.24.